The Bertz CT molecular complexity index is 485. The fraction of sp³-hybridized carbons (Fsp3) is 0.400. The minimum atomic E-state index is -0.0850. The van der Waals surface area contributed by atoms with Gasteiger partial charge in [-0.3, -0.25) is 4.79 Å². The maximum absolute atomic E-state index is 11.4. The van der Waals surface area contributed by atoms with Crippen LogP contribution in [0.15, 0.2) is 36.0 Å². The van der Waals surface area contributed by atoms with Crippen LogP contribution >= 0.6 is 0 Å². The van der Waals surface area contributed by atoms with Gasteiger partial charge in [0, 0.05) is 29.4 Å². The standard InChI is InChI=1S/C15H19NO/c1-5-16-13-9-7-6-8-12(13)15(3,4)14(16)10-11(2)17/h6-10H,5H2,1-4H3. The number of anilines is 1. The second-order valence-electron chi connectivity index (χ2n) is 5.03. The van der Waals surface area contributed by atoms with E-state index in [0.29, 0.717) is 0 Å². The van der Waals surface area contributed by atoms with Crippen LogP contribution in [-0.2, 0) is 10.2 Å². The zero-order valence-corrected chi connectivity index (χ0v) is 10.9. The molecule has 0 unspecified atom stereocenters. The number of fused-ring (bicyclic) bond motifs is 1. The third-order valence-corrected chi connectivity index (χ3v) is 3.46. The molecule has 0 N–H and O–H groups in total. The topological polar surface area (TPSA) is 20.3 Å². The number of hydrogen-bond donors (Lipinski definition) is 0. The van der Waals surface area contributed by atoms with Crippen molar-refractivity contribution in [1.82, 2.24) is 0 Å². The van der Waals surface area contributed by atoms with Crippen LogP contribution in [0.1, 0.15) is 33.3 Å². The van der Waals surface area contributed by atoms with Crippen LogP contribution in [0.5, 0.6) is 0 Å². The number of carbonyl (C=O) groups excluding carboxylic acids is 1. The Labute approximate surface area is 103 Å². The molecule has 2 nitrogen and oxygen atoms in total. The molecule has 17 heavy (non-hydrogen) atoms. The normalized spacial score (nSPS) is 19.5. The van der Waals surface area contributed by atoms with Crippen LogP contribution in [0.4, 0.5) is 5.69 Å². The summed E-state index contributed by atoms with van der Waals surface area (Å²) in [7, 11) is 0. The predicted molar refractivity (Wildman–Crippen MR) is 71.3 cm³/mol. The van der Waals surface area contributed by atoms with E-state index in [1.54, 1.807) is 13.0 Å². The molecular formula is C15H19NO. The molecule has 1 aliphatic rings. The van der Waals surface area contributed by atoms with Crippen molar-refractivity contribution < 1.29 is 4.79 Å². The van der Waals surface area contributed by atoms with Gasteiger partial charge in [0.05, 0.1) is 0 Å². The molecule has 90 valence electrons. The minimum absolute atomic E-state index is 0.0850. The quantitative estimate of drug-likeness (QED) is 0.725. The number of benzene rings is 1. The third-order valence-electron chi connectivity index (χ3n) is 3.46. The zero-order valence-electron chi connectivity index (χ0n) is 10.9. The summed E-state index contributed by atoms with van der Waals surface area (Å²) >= 11 is 0. The van der Waals surface area contributed by atoms with Crippen molar-refractivity contribution in [2.75, 3.05) is 11.4 Å². The maximum Gasteiger partial charge on any atom is 0.154 e. The predicted octanol–water partition coefficient (Wildman–Crippen LogP) is 3.28. The fourth-order valence-corrected chi connectivity index (χ4v) is 2.63. The van der Waals surface area contributed by atoms with Crippen LogP contribution in [0.2, 0.25) is 0 Å². The first kappa shape index (κ1) is 11.9. The van der Waals surface area contributed by atoms with Gasteiger partial charge in [-0.1, -0.05) is 32.0 Å². The lowest BCUT2D eigenvalue weighted by Crippen LogP contribution is -2.26. The number of likely N-dealkylation sites (N-methyl/N-ethyl adjacent to an activating group) is 1. The molecule has 0 amide bonds. The lowest BCUT2D eigenvalue weighted by Gasteiger charge is -2.25. The fourth-order valence-electron chi connectivity index (χ4n) is 2.63. The molecule has 1 aliphatic heterocycles. The van der Waals surface area contributed by atoms with Crippen molar-refractivity contribution >= 4 is 11.5 Å². The molecule has 1 aromatic carbocycles. The van der Waals surface area contributed by atoms with Gasteiger partial charge in [-0.25, -0.2) is 0 Å². The van der Waals surface area contributed by atoms with Crippen molar-refractivity contribution in [2.45, 2.75) is 33.1 Å². The monoisotopic (exact) mass is 229 g/mol. The van der Waals surface area contributed by atoms with E-state index in [2.05, 4.69) is 43.9 Å². The number of nitrogens with zero attached hydrogens (tertiary/aromatic N) is 1. The molecule has 0 spiro atoms. The molecule has 0 saturated carbocycles. The highest BCUT2D eigenvalue weighted by molar-refractivity contribution is 5.90. The Hall–Kier alpha value is -1.57. The third kappa shape index (κ3) is 1.78. The Kier molecular flexibility index (Phi) is 2.82. The van der Waals surface area contributed by atoms with Crippen LogP contribution in [0.25, 0.3) is 0 Å². The van der Waals surface area contributed by atoms with Gasteiger partial charge in [0.2, 0.25) is 0 Å². The van der Waals surface area contributed by atoms with Gasteiger partial charge < -0.3 is 4.90 Å². The van der Waals surface area contributed by atoms with Crippen LogP contribution in [0, 0.1) is 0 Å². The summed E-state index contributed by atoms with van der Waals surface area (Å²) in [5.41, 5.74) is 3.55. The minimum Gasteiger partial charge on any atom is -0.344 e. The van der Waals surface area contributed by atoms with Crippen LogP contribution in [-0.4, -0.2) is 12.3 Å². The van der Waals surface area contributed by atoms with Gasteiger partial charge in [0.25, 0.3) is 0 Å². The van der Waals surface area contributed by atoms with E-state index in [-0.39, 0.29) is 11.2 Å². The molecule has 1 aromatic rings. The summed E-state index contributed by atoms with van der Waals surface area (Å²) in [4.78, 5) is 13.6. The Balaban J connectivity index is 2.63. The number of rotatable bonds is 2. The van der Waals surface area contributed by atoms with Crippen molar-refractivity contribution in [3.8, 4) is 0 Å². The molecule has 0 radical (unpaired) electrons. The summed E-state index contributed by atoms with van der Waals surface area (Å²) in [5.74, 6) is 0.110. The molecule has 1 heterocycles. The lowest BCUT2D eigenvalue weighted by molar-refractivity contribution is -0.112. The highest BCUT2D eigenvalue weighted by Gasteiger charge is 2.39. The van der Waals surface area contributed by atoms with Crippen molar-refractivity contribution in [3.05, 3.63) is 41.6 Å². The largest absolute Gasteiger partial charge is 0.344 e. The SMILES string of the molecule is CCN1C(=CC(C)=O)C(C)(C)c2ccccc21. The highest BCUT2D eigenvalue weighted by Crippen LogP contribution is 2.47. The summed E-state index contributed by atoms with van der Waals surface area (Å²) < 4.78 is 0. The summed E-state index contributed by atoms with van der Waals surface area (Å²) in [6.45, 7) is 8.97. The van der Waals surface area contributed by atoms with Crippen LogP contribution < -0.4 is 4.90 Å². The average Bonchev–Trinajstić information content (AvgIpc) is 2.48. The molecule has 0 aromatic heterocycles. The van der Waals surface area contributed by atoms with E-state index < -0.39 is 0 Å². The summed E-state index contributed by atoms with van der Waals surface area (Å²) in [5, 5.41) is 0. The van der Waals surface area contributed by atoms with E-state index in [1.807, 2.05) is 6.07 Å². The lowest BCUT2D eigenvalue weighted by atomic mass is 9.83. The molecule has 2 rings (SSSR count). The van der Waals surface area contributed by atoms with Gasteiger partial charge in [-0.2, -0.15) is 0 Å². The maximum atomic E-state index is 11.4. The second kappa shape index (κ2) is 4.02. The second-order valence-corrected chi connectivity index (χ2v) is 5.03. The zero-order chi connectivity index (χ0) is 12.6. The first-order valence-corrected chi connectivity index (χ1v) is 6.08. The molecule has 2 heteroatoms. The molecule has 0 atom stereocenters. The van der Waals surface area contributed by atoms with Gasteiger partial charge >= 0.3 is 0 Å². The average molecular weight is 229 g/mol. The number of para-hydroxylation sites is 1. The van der Waals surface area contributed by atoms with Gasteiger partial charge in [-0.15, -0.1) is 0 Å². The molecule has 0 saturated heterocycles. The number of ketones is 1. The van der Waals surface area contributed by atoms with E-state index >= 15 is 0 Å². The van der Waals surface area contributed by atoms with Gasteiger partial charge in [-0.05, 0) is 25.5 Å². The molecule has 0 aliphatic carbocycles. The van der Waals surface area contributed by atoms with Gasteiger partial charge in [0.1, 0.15) is 0 Å². The van der Waals surface area contributed by atoms with Gasteiger partial charge in [0.15, 0.2) is 5.78 Å². The van der Waals surface area contributed by atoms with Crippen molar-refractivity contribution in [2.24, 2.45) is 0 Å². The van der Waals surface area contributed by atoms with E-state index in [1.165, 1.54) is 11.3 Å². The highest BCUT2D eigenvalue weighted by atomic mass is 16.1. The first-order chi connectivity index (χ1) is 7.98. The molecular weight excluding hydrogens is 210 g/mol. The van der Waals surface area contributed by atoms with E-state index in [9.17, 15) is 4.79 Å². The Morgan fingerprint density at radius 2 is 2.00 bits per heavy atom. The summed E-state index contributed by atoms with van der Waals surface area (Å²) in [6, 6.07) is 8.39. The van der Waals surface area contributed by atoms with E-state index in [0.717, 1.165) is 12.2 Å². The molecule has 0 fully saturated rings. The summed E-state index contributed by atoms with van der Waals surface area (Å²) in [6.07, 6.45) is 1.77. The first-order valence-electron chi connectivity index (χ1n) is 6.08. The van der Waals surface area contributed by atoms with Crippen molar-refractivity contribution in [1.29, 1.82) is 0 Å². The number of hydrogen-bond acceptors (Lipinski definition) is 2. The number of allylic oxidation sites excluding steroid dienone is 2. The van der Waals surface area contributed by atoms with Crippen molar-refractivity contribution in [3.63, 3.8) is 0 Å². The smallest absolute Gasteiger partial charge is 0.154 e. The Morgan fingerprint density at radius 1 is 1.35 bits per heavy atom. The van der Waals surface area contributed by atoms with Crippen LogP contribution in [0.3, 0.4) is 0 Å². The van der Waals surface area contributed by atoms with E-state index in [4.69, 9.17) is 0 Å². The number of carbonyl (C=O) groups is 1. The Morgan fingerprint density at radius 3 is 2.59 bits per heavy atom. The molecule has 0 bridgehead atoms.